The molecular formula is C11H15Cl2NO5S2. The van der Waals surface area contributed by atoms with Gasteiger partial charge in [0.25, 0.3) is 0 Å². The molecule has 0 fully saturated rings. The fraction of sp³-hybridized carbons (Fsp3) is 0.455. The van der Waals surface area contributed by atoms with E-state index in [0.29, 0.717) is 0 Å². The van der Waals surface area contributed by atoms with E-state index in [2.05, 4.69) is 0 Å². The molecule has 0 bridgehead atoms. The predicted molar refractivity (Wildman–Crippen MR) is 82.3 cm³/mol. The van der Waals surface area contributed by atoms with Gasteiger partial charge in [0.05, 0.1) is 21.0 Å². The summed E-state index contributed by atoms with van der Waals surface area (Å²) in [6.07, 6.45) is 0. The second-order valence-corrected chi connectivity index (χ2v) is 9.54. The zero-order chi connectivity index (χ0) is 16.4. The lowest BCUT2D eigenvalue weighted by molar-refractivity contribution is 0.340. The summed E-state index contributed by atoms with van der Waals surface area (Å²) in [5.74, 6) is -0.0942. The largest absolute Gasteiger partial charge is 0.491 e. The van der Waals surface area contributed by atoms with Gasteiger partial charge in [0.2, 0.25) is 10.0 Å². The molecule has 0 aliphatic carbocycles. The van der Waals surface area contributed by atoms with Crippen LogP contribution >= 0.6 is 23.2 Å². The molecule has 0 aliphatic heterocycles. The zero-order valence-corrected chi connectivity index (χ0v) is 14.5. The van der Waals surface area contributed by atoms with Gasteiger partial charge in [-0.1, -0.05) is 23.2 Å². The first-order valence-electron chi connectivity index (χ1n) is 5.81. The first kappa shape index (κ1) is 18.5. The highest BCUT2D eigenvalue weighted by Crippen LogP contribution is 2.33. The summed E-state index contributed by atoms with van der Waals surface area (Å²) >= 11 is 11.7. The third-order valence-corrected chi connectivity index (χ3v) is 6.48. The minimum absolute atomic E-state index is 0.0228. The molecule has 21 heavy (non-hydrogen) atoms. The molecule has 0 aromatic heterocycles. The van der Waals surface area contributed by atoms with Crippen molar-refractivity contribution < 1.29 is 21.6 Å². The second kappa shape index (κ2) is 6.70. The van der Waals surface area contributed by atoms with Crippen molar-refractivity contribution in [1.82, 2.24) is 0 Å². The fourth-order valence-corrected chi connectivity index (χ4v) is 3.50. The van der Waals surface area contributed by atoms with Crippen LogP contribution < -0.4 is 9.88 Å². The minimum Gasteiger partial charge on any atom is -0.491 e. The molecule has 1 aromatic carbocycles. The van der Waals surface area contributed by atoms with Crippen molar-refractivity contribution in [3.05, 3.63) is 22.2 Å². The lowest BCUT2D eigenvalue weighted by atomic mass is 10.3. The average molecular weight is 376 g/mol. The van der Waals surface area contributed by atoms with Crippen molar-refractivity contribution >= 4 is 43.1 Å². The number of hydrogen-bond acceptors (Lipinski definition) is 5. The van der Waals surface area contributed by atoms with Gasteiger partial charge < -0.3 is 4.74 Å². The van der Waals surface area contributed by atoms with Gasteiger partial charge in [0.15, 0.2) is 9.84 Å². The van der Waals surface area contributed by atoms with Gasteiger partial charge >= 0.3 is 0 Å². The van der Waals surface area contributed by atoms with E-state index < -0.39 is 25.1 Å². The van der Waals surface area contributed by atoms with Gasteiger partial charge in [-0.05, 0) is 19.9 Å². The van der Waals surface area contributed by atoms with Crippen LogP contribution in [0.5, 0.6) is 5.75 Å². The van der Waals surface area contributed by atoms with Crippen LogP contribution in [-0.2, 0) is 19.9 Å². The van der Waals surface area contributed by atoms with E-state index in [9.17, 15) is 16.8 Å². The summed E-state index contributed by atoms with van der Waals surface area (Å²) in [5, 5.41) is 4.29. The maximum absolute atomic E-state index is 11.6. The van der Waals surface area contributed by atoms with E-state index in [4.69, 9.17) is 33.1 Å². The molecule has 10 heteroatoms. The van der Waals surface area contributed by atoms with E-state index in [1.54, 1.807) is 13.8 Å². The number of hydrogen-bond donors (Lipinski definition) is 1. The SMILES string of the molecule is CC(C)S(=O)(=O)CCOc1cc(Cl)c(S(N)(=O)=O)cc1Cl. The number of primary sulfonamides is 1. The first-order valence-corrected chi connectivity index (χ1v) is 9.83. The summed E-state index contributed by atoms with van der Waals surface area (Å²) in [4.78, 5) is -0.323. The fourth-order valence-electron chi connectivity index (χ4n) is 1.34. The number of ether oxygens (including phenoxy) is 1. The Morgan fingerprint density at radius 1 is 1.14 bits per heavy atom. The van der Waals surface area contributed by atoms with Crippen molar-refractivity contribution in [3.63, 3.8) is 0 Å². The Balaban J connectivity index is 2.90. The average Bonchev–Trinajstić information content (AvgIpc) is 2.31. The number of nitrogens with two attached hydrogens (primary N) is 1. The molecule has 0 saturated carbocycles. The number of sulfone groups is 1. The number of halogens is 2. The Bertz CT molecular complexity index is 729. The molecule has 0 unspecified atom stereocenters. The third-order valence-electron chi connectivity index (χ3n) is 2.64. The van der Waals surface area contributed by atoms with Crippen molar-refractivity contribution in [3.8, 4) is 5.75 Å². The van der Waals surface area contributed by atoms with Gasteiger partial charge in [-0.2, -0.15) is 0 Å². The number of sulfonamides is 1. The lowest BCUT2D eigenvalue weighted by Crippen LogP contribution is -2.22. The van der Waals surface area contributed by atoms with Crippen molar-refractivity contribution in [2.24, 2.45) is 5.14 Å². The summed E-state index contributed by atoms with van der Waals surface area (Å²) in [6, 6.07) is 2.25. The predicted octanol–water partition coefficient (Wildman–Crippen LogP) is 1.84. The van der Waals surface area contributed by atoms with E-state index in [0.717, 1.165) is 6.07 Å². The highest BCUT2D eigenvalue weighted by Gasteiger charge is 2.19. The Labute approximate surface area is 134 Å². The molecule has 2 N–H and O–H groups in total. The van der Waals surface area contributed by atoms with Crippen LogP contribution in [0.4, 0.5) is 0 Å². The van der Waals surface area contributed by atoms with Crippen LogP contribution in [0.15, 0.2) is 17.0 Å². The van der Waals surface area contributed by atoms with Crippen LogP contribution in [0.1, 0.15) is 13.8 Å². The van der Waals surface area contributed by atoms with Gasteiger partial charge in [-0.3, -0.25) is 0 Å². The van der Waals surface area contributed by atoms with Crippen molar-refractivity contribution in [1.29, 1.82) is 0 Å². The Kier molecular flexibility index (Phi) is 5.91. The Hall–Kier alpha value is -0.540. The molecule has 0 heterocycles. The molecule has 0 saturated heterocycles. The topological polar surface area (TPSA) is 104 Å². The standard InChI is InChI=1S/C11H15Cl2NO5S2/c1-7(2)20(15,16)4-3-19-10-5-9(13)11(6-8(10)12)21(14,17)18/h5-7H,3-4H2,1-2H3,(H2,14,17,18). The smallest absolute Gasteiger partial charge is 0.239 e. The summed E-state index contributed by atoms with van der Waals surface area (Å²) in [7, 11) is -7.24. The van der Waals surface area contributed by atoms with Gasteiger partial charge in [0.1, 0.15) is 17.3 Å². The normalized spacial score (nSPS) is 12.7. The molecule has 0 aliphatic rings. The van der Waals surface area contributed by atoms with Crippen LogP contribution in [0.25, 0.3) is 0 Å². The summed E-state index contributed by atoms with van der Waals surface area (Å²) in [5.41, 5.74) is 0. The minimum atomic E-state index is -4.00. The summed E-state index contributed by atoms with van der Waals surface area (Å²) in [6.45, 7) is 3.02. The van der Waals surface area contributed by atoms with E-state index in [1.165, 1.54) is 6.07 Å². The van der Waals surface area contributed by atoms with Gasteiger partial charge in [-0.15, -0.1) is 0 Å². The van der Waals surface area contributed by atoms with E-state index in [-0.39, 0.29) is 33.0 Å². The van der Waals surface area contributed by atoms with E-state index in [1.807, 2.05) is 0 Å². The maximum Gasteiger partial charge on any atom is 0.239 e. The van der Waals surface area contributed by atoms with Crippen LogP contribution in [0.3, 0.4) is 0 Å². The van der Waals surface area contributed by atoms with Gasteiger partial charge in [0, 0.05) is 6.07 Å². The number of rotatable bonds is 6. The molecule has 0 radical (unpaired) electrons. The molecule has 0 spiro atoms. The number of benzene rings is 1. The Morgan fingerprint density at radius 2 is 1.71 bits per heavy atom. The molecule has 0 atom stereocenters. The molecular weight excluding hydrogens is 361 g/mol. The highest BCUT2D eigenvalue weighted by atomic mass is 35.5. The van der Waals surface area contributed by atoms with Crippen molar-refractivity contribution in [2.45, 2.75) is 24.0 Å². The molecule has 1 aromatic rings. The molecule has 6 nitrogen and oxygen atoms in total. The Morgan fingerprint density at radius 3 is 2.19 bits per heavy atom. The zero-order valence-electron chi connectivity index (χ0n) is 11.3. The van der Waals surface area contributed by atoms with E-state index >= 15 is 0 Å². The maximum atomic E-state index is 11.6. The quantitative estimate of drug-likeness (QED) is 0.816. The first-order chi connectivity index (χ1) is 9.45. The molecule has 1 rings (SSSR count). The second-order valence-electron chi connectivity index (χ2n) is 4.52. The summed E-state index contributed by atoms with van der Waals surface area (Å²) < 4.78 is 51.0. The molecule has 0 amide bonds. The molecule has 120 valence electrons. The van der Waals surface area contributed by atoms with Crippen LogP contribution in [0.2, 0.25) is 10.0 Å². The van der Waals surface area contributed by atoms with Crippen LogP contribution in [-0.4, -0.2) is 34.4 Å². The van der Waals surface area contributed by atoms with Gasteiger partial charge in [-0.25, -0.2) is 22.0 Å². The highest BCUT2D eigenvalue weighted by molar-refractivity contribution is 7.92. The monoisotopic (exact) mass is 375 g/mol. The third kappa shape index (κ3) is 5.00. The van der Waals surface area contributed by atoms with Crippen LogP contribution in [0, 0.1) is 0 Å². The lowest BCUT2D eigenvalue weighted by Gasteiger charge is -2.12. The van der Waals surface area contributed by atoms with Crippen molar-refractivity contribution in [2.75, 3.05) is 12.4 Å².